The van der Waals surface area contributed by atoms with Crippen LogP contribution in [0.2, 0.25) is 0 Å². The number of hydrogen-bond acceptors (Lipinski definition) is 5. The number of aromatic hydroxyl groups is 1. The minimum absolute atomic E-state index is 0.00429. The fraction of sp³-hybridized carbons (Fsp3) is 0. The molecule has 25 heavy (non-hydrogen) atoms. The van der Waals surface area contributed by atoms with Gasteiger partial charge in [-0.2, -0.15) is 0 Å². The number of nitrogens with one attached hydrogen (secondary N) is 1. The molecule has 0 aromatic heterocycles. The summed E-state index contributed by atoms with van der Waals surface area (Å²) in [6.45, 7) is 0. The standard InChI is InChI=1S/C16H14N2O5S2/c17-24(20,21)13-4-2-5-14(10-13)25(22,23)18-16-6-1-3-11-7-8-12(19)9-15(11)16/h1-10,18-19H,(H2,17,20,21). The summed E-state index contributed by atoms with van der Waals surface area (Å²) in [5, 5.41) is 15.9. The van der Waals surface area contributed by atoms with Gasteiger partial charge in [0, 0.05) is 5.39 Å². The van der Waals surface area contributed by atoms with E-state index < -0.39 is 20.0 Å². The summed E-state index contributed by atoms with van der Waals surface area (Å²) in [5.74, 6) is -0.00429. The molecule has 3 rings (SSSR count). The first-order valence-electron chi connectivity index (χ1n) is 7.04. The van der Waals surface area contributed by atoms with E-state index in [0.717, 1.165) is 11.5 Å². The highest BCUT2D eigenvalue weighted by Crippen LogP contribution is 2.29. The zero-order valence-corrected chi connectivity index (χ0v) is 14.4. The van der Waals surface area contributed by atoms with Crippen LogP contribution in [0.25, 0.3) is 10.8 Å². The number of nitrogens with two attached hydrogens (primary N) is 1. The van der Waals surface area contributed by atoms with Crippen LogP contribution in [-0.2, 0) is 20.0 Å². The molecule has 0 radical (unpaired) electrons. The molecule has 0 heterocycles. The van der Waals surface area contributed by atoms with Gasteiger partial charge in [0.25, 0.3) is 10.0 Å². The van der Waals surface area contributed by atoms with Crippen LogP contribution in [0.3, 0.4) is 0 Å². The van der Waals surface area contributed by atoms with E-state index in [-0.39, 0.29) is 21.2 Å². The van der Waals surface area contributed by atoms with Gasteiger partial charge in [-0.1, -0.05) is 24.3 Å². The van der Waals surface area contributed by atoms with Gasteiger partial charge in [0.05, 0.1) is 15.5 Å². The number of phenolic OH excluding ortho intramolecular Hbond substituents is 1. The molecule has 0 saturated heterocycles. The first kappa shape index (κ1) is 17.2. The predicted octanol–water partition coefficient (Wildman–Crippen LogP) is 1.99. The van der Waals surface area contributed by atoms with E-state index in [1.807, 2.05) is 0 Å². The van der Waals surface area contributed by atoms with E-state index in [1.54, 1.807) is 24.3 Å². The largest absolute Gasteiger partial charge is 0.508 e. The van der Waals surface area contributed by atoms with Crippen molar-refractivity contribution in [3.05, 3.63) is 60.7 Å². The smallest absolute Gasteiger partial charge is 0.261 e. The number of benzene rings is 3. The molecule has 9 heteroatoms. The Morgan fingerprint density at radius 2 is 1.52 bits per heavy atom. The molecule has 3 aromatic rings. The third-order valence-electron chi connectivity index (χ3n) is 3.55. The molecule has 0 aliphatic carbocycles. The highest BCUT2D eigenvalue weighted by molar-refractivity contribution is 7.93. The van der Waals surface area contributed by atoms with Crippen molar-refractivity contribution in [2.75, 3.05) is 4.72 Å². The number of fused-ring (bicyclic) bond motifs is 1. The predicted molar refractivity (Wildman–Crippen MR) is 94.2 cm³/mol. The third-order valence-corrected chi connectivity index (χ3v) is 5.83. The van der Waals surface area contributed by atoms with Crippen LogP contribution in [0.4, 0.5) is 5.69 Å². The van der Waals surface area contributed by atoms with Crippen molar-refractivity contribution in [3.8, 4) is 5.75 Å². The second-order valence-corrected chi connectivity index (χ2v) is 8.58. The second-order valence-electron chi connectivity index (χ2n) is 5.34. The fourth-order valence-electron chi connectivity index (χ4n) is 2.37. The summed E-state index contributed by atoms with van der Waals surface area (Å²) >= 11 is 0. The molecule has 0 aliphatic rings. The summed E-state index contributed by atoms with van der Waals surface area (Å²) in [5.41, 5.74) is 0.259. The van der Waals surface area contributed by atoms with Crippen molar-refractivity contribution in [2.24, 2.45) is 5.14 Å². The Hall–Kier alpha value is -2.62. The molecule has 3 aromatic carbocycles. The number of hydrogen-bond donors (Lipinski definition) is 3. The number of phenols is 1. The summed E-state index contributed by atoms with van der Waals surface area (Å²) in [4.78, 5) is -0.540. The molecule has 0 unspecified atom stereocenters. The van der Waals surface area contributed by atoms with E-state index >= 15 is 0 Å². The maximum absolute atomic E-state index is 12.6. The van der Waals surface area contributed by atoms with Crippen molar-refractivity contribution >= 4 is 36.5 Å². The molecule has 0 fully saturated rings. The number of primary sulfonamides is 1. The van der Waals surface area contributed by atoms with Crippen LogP contribution in [-0.4, -0.2) is 21.9 Å². The Labute approximate surface area is 144 Å². The van der Waals surface area contributed by atoms with E-state index in [9.17, 15) is 21.9 Å². The number of rotatable bonds is 4. The molecule has 0 bridgehead atoms. The fourth-order valence-corrected chi connectivity index (χ4v) is 4.13. The first-order chi connectivity index (χ1) is 11.7. The summed E-state index contributed by atoms with van der Waals surface area (Å²) in [6.07, 6.45) is 0. The van der Waals surface area contributed by atoms with Crippen molar-refractivity contribution in [2.45, 2.75) is 9.79 Å². The molecular weight excluding hydrogens is 364 g/mol. The lowest BCUT2D eigenvalue weighted by atomic mass is 10.1. The molecule has 0 amide bonds. The first-order valence-corrected chi connectivity index (χ1v) is 10.1. The number of anilines is 1. The van der Waals surface area contributed by atoms with Crippen molar-refractivity contribution in [1.82, 2.24) is 0 Å². The number of sulfonamides is 2. The lowest BCUT2D eigenvalue weighted by molar-refractivity contribution is 0.476. The van der Waals surface area contributed by atoms with Crippen LogP contribution < -0.4 is 9.86 Å². The van der Waals surface area contributed by atoms with Gasteiger partial charge in [0.15, 0.2) is 0 Å². The molecule has 130 valence electrons. The summed E-state index contributed by atoms with van der Waals surface area (Å²) in [6, 6.07) is 14.3. The zero-order chi connectivity index (χ0) is 18.2. The highest BCUT2D eigenvalue weighted by atomic mass is 32.2. The molecule has 7 nitrogen and oxygen atoms in total. The van der Waals surface area contributed by atoms with E-state index in [1.165, 1.54) is 30.3 Å². The SMILES string of the molecule is NS(=O)(=O)c1cccc(S(=O)(=O)Nc2cccc3ccc(O)cc23)c1. The quantitative estimate of drug-likeness (QED) is 0.640. The molecule has 0 spiro atoms. The lowest BCUT2D eigenvalue weighted by Crippen LogP contribution is -2.16. The van der Waals surface area contributed by atoms with Gasteiger partial charge in [-0.05, 0) is 41.8 Å². The normalized spacial score (nSPS) is 12.2. The monoisotopic (exact) mass is 378 g/mol. The topological polar surface area (TPSA) is 127 Å². The Bertz CT molecular complexity index is 1170. The second kappa shape index (κ2) is 6.03. The van der Waals surface area contributed by atoms with E-state index in [2.05, 4.69) is 4.72 Å². The molecule has 0 atom stereocenters. The van der Waals surface area contributed by atoms with Crippen LogP contribution in [0, 0.1) is 0 Å². The minimum Gasteiger partial charge on any atom is -0.508 e. The maximum atomic E-state index is 12.6. The van der Waals surface area contributed by atoms with Gasteiger partial charge in [-0.3, -0.25) is 4.72 Å². The van der Waals surface area contributed by atoms with Gasteiger partial charge >= 0.3 is 0 Å². The van der Waals surface area contributed by atoms with Crippen LogP contribution in [0.1, 0.15) is 0 Å². The van der Waals surface area contributed by atoms with E-state index in [4.69, 9.17) is 5.14 Å². The molecule has 0 aliphatic heterocycles. The average molecular weight is 378 g/mol. The van der Waals surface area contributed by atoms with Crippen LogP contribution in [0.15, 0.2) is 70.5 Å². The minimum atomic E-state index is -4.05. The van der Waals surface area contributed by atoms with Crippen LogP contribution in [0.5, 0.6) is 5.75 Å². The van der Waals surface area contributed by atoms with Gasteiger partial charge in [0.2, 0.25) is 10.0 Å². The summed E-state index contributed by atoms with van der Waals surface area (Å²) < 4.78 is 50.4. The van der Waals surface area contributed by atoms with Crippen molar-refractivity contribution < 1.29 is 21.9 Å². The maximum Gasteiger partial charge on any atom is 0.261 e. The lowest BCUT2D eigenvalue weighted by Gasteiger charge is -2.11. The summed E-state index contributed by atoms with van der Waals surface area (Å²) in [7, 11) is -8.08. The Kier molecular flexibility index (Phi) is 4.15. The Morgan fingerprint density at radius 3 is 2.24 bits per heavy atom. The average Bonchev–Trinajstić information content (AvgIpc) is 2.54. The van der Waals surface area contributed by atoms with Crippen LogP contribution >= 0.6 is 0 Å². The van der Waals surface area contributed by atoms with Crippen molar-refractivity contribution in [1.29, 1.82) is 0 Å². The molecule has 0 saturated carbocycles. The van der Waals surface area contributed by atoms with Gasteiger partial charge < -0.3 is 5.11 Å². The van der Waals surface area contributed by atoms with Gasteiger partial charge in [-0.15, -0.1) is 0 Å². The third kappa shape index (κ3) is 3.58. The van der Waals surface area contributed by atoms with Crippen molar-refractivity contribution in [3.63, 3.8) is 0 Å². The Balaban J connectivity index is 2.08. The molecular formula is C16H14N2O5S2. The highest BCUT2D eigenvalue weighted by Gasteiger charge is 2.18. The Morgan fingerprint density at radius 1 is 0.840 bits per heavy atom. The van der Waals surface area contributed by atoms with Gasteiger partial charge in [-0.25, -0.2) is 22.0 Å². The van der Waals surface area contributed by atoms with E-state index in [0.29, 0.717) is 5.39 Å². The van der Waals surface area contributed by atoms with Gasteiger partial charge in [0.1, 0.15) is 5.75 Å². The molecule has 4 N–H and O–H groups in total. The zero-order valence-electron chi connectivity index (χ0n) is 12.7.